The lowest BCUT2D eigenvalue weighted by atomic mass is 10.0. The third-order valence-electron chi connectivity index (χ3n) is 3.69. The molecule has 0 radical (unpaired) electrons. The summed E-state index contributed by atoms with van der Waals surface area (Å²) in [6.07, 6.45) is 1.60. The minimum absolute atomic E-state index is 0.279. The topological polar surface area (TPSA) is 64.1 Å². The number of carbonyl (C=O) groups is 1. The number of thiazole rings is 1. The van der Waals surface area contributed by atoms with Gasteiger partial charge in [0.25, 0.3) is 5.91 Å². The van der Waals surface area contributed by atoms with Crippen LogP contribution >= 0.6 is 11.3 Å². The number of aryl methyl sites for hydroxylation is 2. The van der Waals surface area contributed by atoms with Crippen LogP contribution < -0.4 is 10.1 Å². The number of benzene rings is 1. The first kappa shape index (κ1) is 17.1. The number of hydrogen-bond donors (Lipinski definition) is 1. The number of aromatic nitrogens is 2. The van der Waals surface area contributed by atoms with Crippen LogP contribution in [-0.4, -0.2) is 22.5 Å². The van der Waals surface area contributed by atoms with E-state index in [0.717, 1.165) is 16.8 Å². The monoisotopic (exact) mass is 353 g/mol. The van der Waals surface area contributed by atoms with Gasteiger partial charge in [-0.05, 0) is 44.5 Å². The highest BCUT2D eigenvalue weighted by Crippen LogP contribution is 2.28. The number of hydrogen-bond acceptors (Lipinski definition) is 5. The van der Waals surface area contributed by atoms with Crippen molar-refractivity contribution in [2.24, 2.45) is 0 Å². The van der Waals surface area contributed by atoms with Gasteiger partial charge in [-0.3, -0.25) is 10.1 Å². The van der Waals surface area contributed by atoms with Gasteiger partial charge in [-0.1, -0.05) is 17.7 Å². The van der Waals surface area contributed by atoms with Gasteiger partial charge in [0.15, 0.2) is 5.13 Å². The Morgan fingerprint density at radius 2 is 2.12 bits per heavy atom. The average Bonchev–Trinajstić information content (AvgIpc) is 3.06. The van der Waals surface area contributed by atoms with Crippen molar-refractivity contribution in [3.05, 3.63) is 58.6 Å². The fourth-order valence-corrected chi connectivity index (χ4v) is 3.15. The maximum absolute atomic E-state index is 12.5. The molecule has 128 valence electrons. The van der Waals surface area contributed by atoms with Crippen molar-refractivity contribution < 1.29 is 9.53 Å². The Kier molecular flexibility index (Phi) is 5.09. The molecule has 1 aromatic carbocycles. The number of pyridine rings is 1. The van der Waals surface area contributed by atoms with Crippen LogP contribution in [0, 0.1) is 13.8 Å². The quantitative estimate of drug-likeness (QED) is 0.735. The molecule has 5 nitrogen and oxygen atoms in total. The molecule has 0 bridgehead atoms. The molecule has 0 atom stereocenters. The third kappa shape index (κ3) is 3.85. The van der Waals surface area contributed by atoms with E-state index >= 15 is 0 Å². The van der Waals surface area contributed by atoms with E-state index in [9.17, 15) is 4.79 Å². The minimum atomic E-state index is -0.279. The molecular formula is C19H19N3O2S. The third-order valence-corrected chi connectivity index (χ3v) is 4.45. The highest BCUT2D eigenvalue weighted by Gasteiger charge is 2.15. The Balaban J connectivity index is 1.82. The number of anilines is 1. The van der Waals surface area contributed by atoms with Gasteiger partial charge in [-0.2, -0.15) is 0 Å². The summed E-state index contributed by atoms with van der Waals surface area (Å²) in [5.74, 6) is 0.0484. The van der Waals surface area contributed by atoms with Crippen LogP contribution in [0.4, 0.5) is 5.13 Å². The molecule has 1 N–H and O–H groups in total. The average molecular weight is 353 g/mol. The molecule has 25 heavy (non-hydrogen) atoms. The predicted octanol–water partition coefficient (Wildman–Crippen LogP) is 4.47. The van der Waals surface area contributed by atoms with Crippen LogP contribution in [-0.2, 0) is 0 Å². The second kappa shape index (κ2) is 7.44. The van der Waals surface area contributed by atoms with E-state index in [0.29, 0.717) is 23.2 Å². The van der Waals surface area contributed by atoms with Crippen LogP contribution in [0.2, 0.25) is 0 Å². The number of rotatable bonds is 5. The first-order valence-electron chi connectivity index (χ1n) is 8.00. The maximum atomic E-state index is 12.5. The molecular weight excluding hydrogens is 334 g/mol. The first-order chi connectivity index (χ1) is 12.1. The van der Waals surface area contributed by atoms with Crippen molar-refractivity contribution in [3.8, 4) is 17.1 Å². The number of ether oxygens (including phenoxy) is 1. The van der Waals surface area contributed by atoms with Gasteiger partial charge in [-0.25, -0.2) is 9.97 Å². The van der Waals surface area contributed by atoms with E-state index in [1.54, 1.807) is 18.3 Å². The van der Waals surface area contributed by atoms with E-state index < -0.39 is 0 Å². The Labute approximate surface area is 150 Å². The van der Waals surface area contributed by atoms with Crippen molar-refractivity contribution in [1.82, 2.24) is 9.97 Å². The fourth-order valence-electron chi connectivity index (χ4n) is 2.45. The van der Waals surface area contributed by atoms with E-state index in [1.807, 2.05) is 12.3 Å². The molecule has 3 aromatic rings. The summed E-state index contributed by atoms with van der Waals surface area (Å²) in [7, 11) is 0. The number of nitrogens with zero attached hydrogens (tertiary/aromatic N) is 2. The Morgan fingerprint density at radius 3 is 2.92 bits per heavy atom. The van der Waals surface area contributed by atoms with Gasteiger partial charge < -0.3 is 4.74 Å². The molecule has 0 saturated carbocycles. The van der Waals surface area contributed by atoms with Crippen LogP contribution in [0.5, 0.6) is 5.88 Å². The van der Waals surface area contributed by atoms with Gasteiger partial charge >= 0.3 is 0 Å². The zero-order valence-corrected chi connectivity index (χ0v) is 15.2. The summed E-state index contributed by atoms with van der Waals surface area (Å²) in [6.45, 7) is 6.41. The highest BCUT2D eigenvalue weighted by molar-refractivity contribution is 7.14. The van der Waals surface area contributed by atoms with Crippen molar-refractivity contribution in [1.29, 1.82) is 0 Å². The van der Waals surface area contributed by atoms with Gasteiger partial charge in [0.2, 0.25) is 5.88 Å². The molecule has 0 spiro atoms. The van der Waals surface area contributed by atoms with E-state index in [2.05, 4.69) is 47.3 Å². The van der Waals surface area contributed by atoms with Crippen LogP contribution in [0.25, 0.3) is 11.3 Å². The standard InChI is InChI=1S/C19H19N3O2S/c1-4-24-18-14(6-5-9-20-18)17(23)22-19-21-16(11-25-19)15-10-12(2)7-8-13(15)3/h5-11H,4H2,1-3H3,(H,21,22,23). The van der Waals surface area contributed by atoms with Crippen molar-refractivity contribution in [3.63, 3.8) is 0 Å². The maximum Gasteiger partial charge on any atom is 0.262 e. The molecule has 0 fully saturated rings. The first-order valence-corrected chi connectivity index (χ1v) is 8.88. The SMILES string of the molecule is CCOc1ncccc1C(=O)Nc1nc(-c2cc(C)ccc2C)cs1. The lowest BCUT2D eigenvalue weighted by Crippen LogP contribution is -2.14. The zero-order chi connectivity index (χ0) is 17.8. The summed E-state index contributed by atoms with van der Waals surface area (Å²) >= 11 is 1.40. The van der Waals surface area contributed by atoms with Gasteiger partial charge in [0.1, 0.15) is 5.56 Å². The van der Waals surface area contributed by atoms with E-state index in [-0.39, 0.29) is 5.91 Å². The van der Waals surface area contributed by atoms with Crippen LogP contribution in [0.15, 0.2) is 41.9 Å². The van der Waals surface area contributed by atoms with Gasteiger partial charge in [0.05, 0.1) is 12.3 Å². The molecule has 3 rings (SSSR count). The van der Waals surface area contributed by atoms with Gasteiger partial charge in [0, 0.05) is 17.1 Å². The molecule has 0 unspecified atom stereocenters. The second-order valence-corrected chi connectivity index (χ2v) is 6.46. The predicted molar refractivity (Wildman–Crippen MR) is 100 cm³/mol. The molecule has 1 amide bonds. The van der Waals surface area contributed by atoms with E-state index in [1.165, 1.54) is 16.9 Å². The molecule has 0 saturated heterocycles. The summed E-state index contributed by atoms with van der Waals surface area (Å²) in [4.78, 5) is 21.2. The van der Waals surface area contributed by atoms with Crippen molar-refractivity contribution in [2.75, 3.05) is 11.9 Å². The number of carbonyl (C=O) groups excluding carboxylic acids is 1. The fraction of sp³-hybridized carbons (Fsp3) is 0.211. The largest absolute Gasteiger partial charge is 0.477 e. The minimum Gasteiger partial charge on any atom is -0.477 e. The number of nitrogens with one attached hydrogen (secondary N) is 1. The van der Waals surface area contributed by atoms with Gasteiger partial charge in [-0.15, -0.1) is 11.3 Å². The van der Waals surface area contributed by atoms with E-state index in [4.69, 9.17) is 4.74 Å². The smallest absolute Gasteiger partial charge is 0.262 e. The molecule has 2 heterocycles. The zero-order valence-electron chi connectivity index (χ0n) is 14.4. The Morgan fingerprint density at radius 1 is 1.28 bits per heavy atom. The van der Waals surface area contributed by atoms with Crippen LogP contribution in [0.1, 0.15) is 28.4 Å². The summed E-state index contributed by atoms with van der Waals surface area (Å²) in [5, 5.41) is 5.33. The summed E-state index contributed by atoms with van der Waals surface area (Å²) in [6, 6.07) is 9.65. The molecule has 0 aliphatic rings. The Bertz CT molecular complexity index is 905. The number of amides is 1. The normalized spacial score (nSPS) is 10.5. The Hall–Kier alpha value is -2.73. The lowest BCUT2D eigenvalue weighted by Gasteiger charge is -2.07. The molecule has 2 aromatic heterocycles. The molecule has 0 aliphatic heterocycles. The second-order valence-electron chi connectivity index (χ2n) is 5.60. The van der Waals surface area contributed by atoms with Crippen molar-refractivity contribution in [2.45, 2.75) is 20.8 Å². The lowest BCUT2D eigenvalue weighted by molar-refractivity contribution is 0.102. The molecule has 6 heteroatoms. The highest BCUT2D eigenvalue weighted by atomic mass is 32.1. The van der Waals surface area contributed by atoms with Crippen LogP contribution in [0.3, 0.4) is 0 Å². The van der Waals surface area contributed by atoms with Crippen molar-refractivity contribution >= 4 is 22.4 Å². The molecule has 0 aliphatic carbocycles. The summed E-state index contributed by atoms with van der Waals surface area (Å²) in [5.41, 5.74) is 4.66. The summed E-state index contributed by atoms with van der Waals surface area (Å²) < 4.78 is 5.41.